The summed E-state index contributed by atoms with van der Waals surface area (Å²) >= 11 is 0. The van der Waals surface area contributed by atoms with E-state index in [1.807, 2.05) is 13.8 Å². The fourth-order valence-electron chi connectivity index (χ4n) is 4.24. The van der Waals surface area contributed by atoms with Gasteiger partial charge >= 0.3 is 6.18 Å². The zero-order valence-electron chi connectivity index (χ0n) is 23.7. The normalized spacial score (nSPS) is 14.0. The molecule has 0 saturated carbocycles. The van der Waals surface area contributed by atoms with Crippen LogP contribution in [0.4, 0.5) is 27.8 Å². The molecule has 0 bridgehead atoms. The van der Waals surface area contributed by atoms with Crippen LogP contribution >= 0.6 is 0 Å². The topological polar surface area (TPSA) is 114 Å². The van der Waals surface area contributed by atoms with Crippen LogP contribution in [0.1, 0.15) is 41.2 Å². The Labute approximate surface area is 249 Å². The molecule has 13 heteroatoms. The number of carbonyl (C=O) groups is 2. The molecule has 2 amide bonds. The van der Waals surface area contributed by atoms with Gasteiger partial charge in [-0.2, -0.15) is 13.2 Å². The molecule has 0 spiro atoms. The predicted molar refractivity (Wildman–Crippen MR) is 154 cm³/mol. The number of alkyl halides is 5. The van der Waals surface area contributed by atoms with Crippen molar-refractivity contribution in [1.82, 2.24) is 20.2 Å². The first-order valence-corrected chi connectivity index (χ1v) is 13.5. The number of hydrogen-bond donors (Lipinski definition) is 2. The number of oxazole rings is 1. The minimum Gasteiger partial charge on any atom is -0.439 e. The summed E-state index contributed by atoms with van der Waals surface area (Å²) in [6.07, 6.45) is 0.648. The first-order valence-electron chi connectivity index (χ1n) is 13.5. The summed E-state index contributed by atoms with van der Waals surface area (Å²) in [5.74, 6) is -3.78. The molecule has 1 aliphatic heterocycles. The van der Waals surface area contributed by atoms with Gasteiger partial charge in [0.2, 0.25) is 11.8 Å². The van der Waals surface area contributed by atoms with E-state index in [0.29, 0.717) is 16.9 Å². The highest BCUT2D eigenvalue weighted by Gasteiger charge is 2.46. The van der Waals surface area contributed by atoms with Gasteiger partial charge in [0.1, 0.15) is 5.82 Å². The minimum atomic E-state index is -4.74. The molecule has 8 nitrogen and oxygen atoms in total. The lowest BCUT2D eigenvalue weighted by Gasteiger charge is -2.38. The molecular weight excluding hydrogens is 585 g/mol. The fourth-order valence-corrected chi connectivity index (χ4v) is 4.24. The van der Waals surface area contributed by atoms with E-state index in [9.17, 15) is 31.5 Å². The predicted octanol–water partition coefficient (Wildman–Crippen LogP) is 6.45. The van der Waals surface area contributed by atoms with Crippen LogP contribution < -0.4 is 11.1 Å². The first-order chi connectivity index (χ1) is 20.9. The van der Waals surface area contributed by atoms with Gasteiger partial charge in [-0.15, -0.1) is 0 Å². The third-order valence-corrected chi connectivity index (χ3v) is 6.39. The van der Waals surface area contributed by atoms with Gasteiger partial charge in [0.25, 0.3) is 11.8 Å². The lowest BCUT2D eigenvalue weighted by molar-refractivity contribution is -0.137. The zero-order chi connectivity index (χ0) is 32.1. The lowest BCUT2D eigenvalue weighted by atomic mass is 9.97. The van der Waals surface area contributed by atoms with Crippen molar-refractivity contribution in [3.8, 4) is 22.5 Å². The Morgan fingerprint density at radius 2 is 1.68 bits per heavy atom. The molecule has 0 aliphatic carbocycles. The number of nitrogens with one attached hydrogen (secondary N) is 1. The summed E-state index contributed by atoms with van der Waals surface area (Å²) in [5.41, 5.74) is 5.69. The van der Waals surface area contributed by atoms with E-state index >= 15 is 0 Å². The van der Waals surface area contributed by atoms with Gasteiger partial charge in [-0.25, -0.2) is 18.7 Å². The third-order valence-electron chi connectivity index (χ3n) is 6.39. The number of likely N-dealkylation sites (tertiary alicyclic amines) is 1. The molecule has 2 aromatic heterocycles. The molecule has 1 aliphatic rings. The van der Waals surface area contributed by atoms with Crippen LogP contribution in [0.15, 0.2) is 77.5 Å². The molecule has 4 aromatic rings. The van der Waals surface area contributed by atoms with Crippen LogP contribution in [0, 0.1) is 0 Å². The Bertz CT molecular complexity index is 1640. The Morgan fingerprint density at radius 1 is 1.00 bits per heavy atom. The van der Waals surface area contributed by atoms with Crippen LogP contribution in [0.3, 0.4) is 0 Å². The van der Waals surface area contributed by atoms with E-state index in [0.717, 1.165) is 17.2 Å². The van der Waals surface area contributed by atoms with Crippen molar-refractivity contribution < 1.29 is 36.0 Å². The van der Waals surface area contributed by atoms with E-state index < -0.39 is 42.6 Å². The van der Waals surface area contributed by atoms with Gasteiger partial charge < -0.3 is 20.4 Å². The molecule has 44 heavy (non-hydrogen) atoms. The van der Waals surface area contributed by atoms with Crippen LogP contribution in [0.5, 0.6) is 0 Å². The monoisotopic (exact) mass is 613 g/mol. The highest BCUT2D eigenvalue weighted by atomic mass is 19.4. The molecule has 3 heterocycles. The molecule has 230 valence electrons. The van der Waals surface area contributed by atoms with Crippen LogP contribution in [0.2, 0.25) is 0 Å². The summed E-state index contributed by atoms with van der Waals surface area (Å²) in [5, 5.41) is 2.54. The number of benzene rings is 2. The fraction of sp³-hybridized carbons (Fsp3) is 0.226. The van der Waals surface area contributed by atoms with E-state index in [1.165, 1.54) is 54.7 Å². The van der Waals surface area contributed by atoms with Gasteiger partial charge in [-0.05, 0) is 59.2 Å². The van der Waals surface area contributed by atoms with Crippen LogP contribution in [-0.2, 0) is 17.5 Å². The maximum atomic E-state index is 14.1. The molecule has 0 atom stereocenters. The number of anilines is 1. The van der Waals surface area contributed by atoms with Gasteiger partial charge in [0.15, 0.2) is 5.76 Å². The third kappa shape index (κ3) is 7.65. The number of aromatic nitrogens is 2. The summed E-state index contributed by atoms with van der Waals surface area (Å²) in [6.45, 7) is 2.50. The summed E-state index contributed by atoms with van der Waals surface area (Å²) in [7, 11) is 0. The summed E-state index contributed by atoms with van der Waals surface area (Å²) in [6, 6.07) is 12.6. The van der Waals surface area contributed by atoms with Crippen LogP contribution in [-0.4, -0.2) is 45.7 Å². The van der Waals surface area contributed by atoms with Crippen molar-refractivity contribution in [3.05, 3.63) is 95.6 Å². The maximum Gasteiger partial charge on any atom is 0.417 e. The maximum absolute atomic E-state index is 14.1. The van der Waals surface area contributed by atoms with E-state index in [1.54, 1.807) is 12.1 Å². The van der Waals surface area contributed by atoms with E-state index in [2.05, 4.69) is 15.3 Å². The Hall–Kier alpha value is -5.07. The van der Waals surface area contributed by atoms with Crippen molar-refractivity contribution in [3.63, 3.8) is 0 Å². The largest absolute Gasteiger partial charge is 0.439 e. The number of nitrogen functional groups attached to an aromatic ring is 1. The smallest absolute Gasteiger partial charge is 0.417 e. The van der Waals surface area contributed by atoms with Gasteiger partial charge in [-0.1, -0.05) is 32.0 Å². The average molecular weight is 614 g/mol. The van der Waals surface area contributed by atoms with Gasteiger partial charge in [-0.3, -0.25) is 9.59 Å². The molecule has 1 fully saturated rings. The average Bonchev–Trinajstić information content (AvgIpc) is 3.47. The Balaban J connectivity index is 0.00000216. The van der Waals surface area contributed by atoms with Crippen molar-refractivity contribution in [2.45, 2.75) is 32.5 Å². The van der Waals surface area contributed by atoms with Crippen molar-refractivity contribution in [2.24, 2.45) is 0 Å². The molecular formula is C31H28F5N5O3. The Kier molecular flexibility index (Phi) is 9.46. The lowest BCUT2D eigenvalue weighted by Crippen LogP contribution is -2.58. The Morgan fingerprint density at radius 3 is 2.30 bits per heavy atom. The number of rotatable bonds is 7. The van der Waals surface area contributed by atoms with Crippen molar-refractivity contribution in [2.75, 3.05) is 18.8 Å². The molecule has 2 aromatic carbocycles. The molecule has 5 rings (SSSR count). The zero-order valence-corrected chi connectivity index (χ0v) is 23.7. The minimum absolute atomic E-state index is 0.00155. The number of nitrogens with zero attached hydrogens (tertiary/aromatic N) is 3. The molecule has 1 saturated heterocycles. The van der Waals surface area contributed by atoms with E-state index in [4.69, 9.17) is 10.2 Å². The van der Waals surface area contributed by atoms with Crippen LogP contribution in [0.25, 0.3) is 28.5 Å². The second-order valence-electron chi connectivity index (χ2n) is 9.54. The highest BCUT2D eigenvalue weighted by Crippen LogP contribution is 2.40. The second kappa shape index (κ2) is 13.1. The van der Waals surface area contributed by atoms with Crippen molar-refractivity contribution in [1.29, 1.82) is 0 Å². The quantitative estimate of drug-likeness (QED) is 0.183. The van der Waals surface area contributed by atoms with E-state index in [-0.39, 0.29) is 34.9 Å². The number of amides is 2. The van der Waals surface area contributed by atoms with Gasteiger partial charge in [0, 0.05) is 23.4 Å². The number of pyridine rings is 1. The summed E-state index contributed by atoms with van der Waals surface area (Å²) < 4.78 is 73.8. The molecule has 0 radical (unpaired) electrons. The number of nitrogens with two attached hydrogens (primary N) is 1. The highest BCUT2D eigenvalue weighted by molar-refractivity contribution is 5.95. The molecule has 3 N–H and O–H groups in total. The SMILES string of the molecule is CC.Nc1ccc(/C=C/C(=O)NCc2ncc(-c3ccc(-c4ccc(C(=O)N5CC(F)(F)C5)cc4)cc3C(F)(F)F)o2)cn1. The second-order valence-corrected chi connectivity index (χ2v) is 9.54. The standard InChI is InChI=1S/C29H22F5N5O3.C2H6/c30-28(31)15-39(16-28)27(41)19-5-3-18(4-6-19)20-7-8-21(22(11-20)29(32,33)34)23-13-38-26(42-23)14-37-25(40)10-2-17-1-9-24(35)36-12-17;1-2/h1-13H,14-16H2,(H2,35,36)(H,37,40);1-2H3/b10-2+;. The number of carbonyl (C=O) groups excluding carboxylic acids is 2. The van der Waals surface area contributed by atoms with Gasteiger partial charge in [0.05, 0.1) is 31.4 Å². The first kappa shape index (κ1) is 31.9. The molecule has 0 unspecified atom stereocenters. The number of hydrogen-bond acceptors (Lipinski definition) is 6. The number of halogens is 5. The van der Waals surface area contributed by atoms with Crippen molar-refractivity contribution >= 4 is 23.7 Å². The summed E-state index contributed by atoms with van der Waals surface area (Å²) in [4.78, 5) is 33.3.